The molecule has 0 saturated carbocycles. The van der Waals surface area contributed by atoms with E-state index < -0.39 is 0 Å². The molecule has 2 aromatic heterocycles. The lowest BCUT2D eigenvalue weighted by Gasteiger charge is -2.45. The van der Waals surface area contributed by atoms with Gasteiger partial charge in [-0.2, -0.15) is 0 Å². The molecule has 2 fully saturated rings. The average Bonchev–Trinajstić information content (AvgIpc) is 3.07. The molecule has 1 amide bonds. The molecule has 2 aliphatic heterocycles. The first-order valence-electron chi connectivity index (χ1n) is 8.98. The Morgan fingerprint density at radius 2 is 1.72 bits per heavy atom. The lowest BCUT2D eigenvalue weighted by molar-refractivity contribution is -0.132. The highest BCUT2D eigenvalue weighted by Crippen LogP contribution is 2.40. The van der Waals surface area contributed by atoms with Gasteiger partial charge in [0.2, 0.25) is 11.9 Å². The van der Waals surface area contributed by atoms with Crippen molar-refractivity contribution in [3.63, 3.8) is 0 Å². The number of aromatic nitrogens is 3. The van der Waals surface area contributed by atoms with Crippen LogP contribution in [0, 0.1) is 0 Å². The van der Waals surface area contributed by atoms with Crippen LogP contribution in [0.1, 0.15) is 31.2 Å². The molecule has 6 heteroatoms. The molecular formula is C19H23N5O. The summed E-state index contributed by atoms with van der Waals surface area (Å²) in [5.74, 6) is 1.04. The standard InChI is InChI=1S/C19H23N5O/c25-17(15-16-3-10-20-11-4-16)23-13-6-19(7-14-23)5-1-12-24(19)18-21-8-2-9-22-18/h2-4,8-11H,1,5-7,12-15H2. The molecule has 0 N–H and O–H groups in total. The van der Waals surface area contributed by atoms with Crippen molar-refractivity contribution in [1.82, 2.24) is 19.9 Å². The number of carbonyl (C=O) groups excluding carboxylic acids is 1. The van der Waals surface area contributed by atoms with Gasteiger partial charge in [-0.15, -0.1) is 0 Å². The summed E-state index contributed by atoms with van der Waals surface area (Å²) in [6.45, 7) is 2.63. The van der Waals surface area contributed by atoms with Crippen LogP contribution in [0.2, 0.25) is 0 Å². The fourth-order valence-corrected chi connectivity index (χ4v) is 4.16. The Bertz CT molecular complexity index is 713. The number of anilines is 1. The quantitative estimate of drug-likeness (QED) is 0.858. The van der Waals surface area contributed by atoms with Crippen molar-refractivity contribution in [3.8, 4) is 0 Å². The highest BCUT2D eigenvalue weighted by molar-refractivity contribution is 5.78. The van der Waals surface area contributed by atoms with Gasteiger partial charge in [0.05, 0.1) is 6.42 Å². The smallest absolute Gasteiger partial charge is 0.226 e. The molecule has 0 radical (unpaired) electrons. The van der Waals surface area contributed by atoms with Crippen LogP contribution in [-0.2, 0) is 11.2 Å². The van der Waals surface area contributed by atoms with E-state index in [4.69, 9.17) is 0 Å². The normalized spacial score (nSPS) is 19.4. The molecule has 4 rings (SSSR count). The zero-order valence-corrected chi connectivity index (χ0v) is 14.3. The molecule has 0 atom stereocenters. The minimum Gasteiger partial charge on any atom is -0.342 e. The van der Waals surface area contributed by atoms with E-state index in [0.29, 0.717) is 6.42 Å². The summed E-state index contributed by atoms with van der Waals surface area (Å²) in [4.78, 5) is 29.9. The number of amides is 1. The van der Waals surface area contributed by atoms with Crippen LogP contribution in [0.15, 0.2) is 43.0 Å². The molecule has 1 spiro atoms. The van der Waals surface area contributed by atoms with Crippen molar-refractivity contribution in [2.24, 2.45) is 0 Å². The van der Waals surface area contributed by atoms with Gasteiger partial charge in [0, 0.05) is 50.0 Å². The number of hydrogen-bond acceptors (Lipinski definition) is 5. The van der Waals surface area contributed by atoms with Gasteiger partial charge >= 0.3 is 0 Å². The number of hydrogen-bond donors (Lipinski definition) is 0. The zero-order chi connectivity index (χ0) is 17.1. The van der Waals surface area contributed by atoms with Gasteiger partial charge in [0.1, 0.15) is 0 Å². The van der Waals surface area contributed by atoms with Crippen molar-refractivity contribution >= 4 is 11.9 Å². The van der Waals surface area contributed by atoms with Gasteiger partial charge in [0.15, 0.2) is 0 Å². The van der Waals surface area contributed by atoms with E-state index in [1.165, 1.54) is 6.42 Å². The molecule has 130 valence electrons. The van der Waals surface area contributed by atoms with E-state index >= 15 is 0 Å². The van der Waals surface area contributed by atoms with Crippen molar-refractivity contribution in [3.05, 3.63) is 48.5 Å². The van der Waals surface area contributed by atoms with Crippen LogP contribution in [0.5, 0.6) is 0 Å². The van der Waals surface area contributed by atoms with E-state index in [1.54, 1.807) is 12.4 Å². The lowest BCUT2D eigenvalue weighted by atomic mass is 9.85. The lowest BCUT2D eigenvalue weighted by Crippen LogP contribution is -2.54. The Morgan fingerprint density at radius 3 is 2.44 bits per heavy atom. The van der Waals surface area contributed by atoms with E-state index in [9.17, 15) is 4.79 Å². The highest BCUT2D eigenvalue weighted by Gasteiger charge is 2.44. The Kier molecular flexibility index (Phi) is 4.34. The minimum atomic E-state index is 0.120. The summed E-state index contributed by atoms with van der Waals surface area (Å²) in [6.07, 6.45) is 11.9. The molecule has 2 aliphatic rings. The van der Waals surface area contributed by atoms with Gasteiger partial charge in [-0.1, -0.05) is 0 Å². The van der Waals surface area contributed by atoms with E-state index in [0.717, 1.165) is 50.4 Å². The van der Waals surface area contributed by atoms with Crippen molar-refractivity contribution < 1.29 is 4.79 Å². The van der Waals surface area contributed by atoms with Crippen molar-refractivity contribution in [2.45, 2.75) is 37.6 Å². The molecule has 0 aliphatic carbocycles. The topological polar surface area (TPSA) is 62.2 Å². The first kappa shape index (κ1) is 16.0. The number of carbonyl (C=O) groups is 1. The first-order valence-corrected chi connectivity index (χ1v) is 8.98. The number of nitrogens with zero attached hydrogens (tertiary/aromatic N) is 5. The average molecular weight is 337 g/mol. The van der Waals surface area contributed by atoms with E-state index in [-0.39, 0.29) is 11.4 Å². The van der Waals surface area contributed by atoms with Crippen LogP contribution in [-0.4, -0.2) is 50.9 Å². The van der Waals surface area contributed by atoms with E-state index in [1.807, 2.05) is 35.5 Å². The maximum Gasteiger partial charge on any atom is 0.226 e. The van der Waals surface area contributed by atoms with E-state index in [2.05, 4.69) is 19.9 Å². The predicted molar refractivity (Wildman–Crippen MR) is 95.1 cm³/mol. The molecule has 2 saturated heterocycles. The third kappa shape index (κ3) is 3.21. The van der Waals surface area contributed by atoms with Crippen LogP contribution < -0.4 is 4.90 Å². The Morgan fingerprint density at radius 1 is 1.00 bits per heavy atom. The Hall–Kier alpha value is -2.50. The summed E-state index contributed by atoms with van der Waals surface area (Å²) < 4.78 is 0. The summed E-state index contributed by atoms with van der Waals surface area (Å²) in [5, 5.41) is 0. The fraction of sp³-hybridized carbons (Fsp3) is 0.474. The summed E-state index contributed by atoms with van der Waals surface area (Å²) in [6, 6.07) is 5.68. The minimum absolute atomic E-state index is 0.120. The molecule has 2 aromatic rings. The molecule has 0 unspecified atom stereocenters. The predicted octanol–water partition coefficient (Wildman–Crippen LogP) is 2.08. The maximum absolute atomic E-state index is 12.6. The second kappa shape index (κ2) is 6.78. The second-order valence-electron chi connectivity index (χ2n) is 6.94. The largest absolute Gasteiger partial charge is 0.342 e. The Labute approximate surface area is 147 Å². The maximum atomic E-state index is 12.6. The number of rotatable bonds is 3. The van der Waals surface area contributed by atoms with Gasteiger partial charge in [-0.25, -0.2) is 9.97 Å². The number of likely N-dealkylation sites (tertiary alicyclic amines) is 1. The molecule has 0 bridgehead atoms. The summed E-state index contributed by atoms with van der Waals surface area (Å²) >= 11 is 0. The first-order chi connectivity index (χ1) is 12.3. The third-order valence-corrected chi connectivity index (χ3v) is 5.54. The third-order valence-electron chi connectivity index (χ3n) is 5.54. The molecule has 25 heavy (non-hydrogen) atoms. The SMILES string of the molecule is O=C(Cc1ccncc1)N1CCC2(CCCN2c2ncccn2)CC1. The molecule has 0 aromatic carbocycles. The van der Waals surface area contributed by atoms with Crippen LogP contribution in [0.25, 0.3) is 0 Å². The molecule has 6 nitrogen and oxygen atoms in total. The fourth-order valence-electron chi connectivity index (χ4n) is 4.16. The van der Waals surface area contributed by atoms with Crippen molar-refractivity contribution in [2.75, 3.05) is 24.5 Å². The monoisotopic (exact) mass is 337 g/mol. The van der Waals surface area contributed by atoms with Gasteiger partial charge in [0.25, 0.3) is 0 Å². The van der Waals surface area contributed by atoms with Gasteiger partial charge in [-0.3, -0.25) is 9.78 Å². The summed E-state index contributed by atoms with van der Waals surface area (Å²) in [5.41, 5.74) is 1.15. The summed E-state index contributed by atoms with van der Waals surface area (Å²) in [7, 11) is 0. The second-order valence-corrected chi connectivity index (χ2v) is 6.94. The Balaban J connectivity index is 1.41. The number of piperidine rings is 1. The highest BCUT2D eigenvalue weighted by atomic mass is 16.2. The molecular weight excluding hydrogens is 314 g/mol. The van der Waals surface area contributed by atoms with Crippen LogP contribution in [0.4, 0.5) is 5.95 Å². The van der Waals surface area contributed by atoms with Crippen molar-refractivity contribution in [1.29, 1.82) is 0 Å². The van der Waals surface area contributed by atoms with Crippen LogP contribution in [0.3, 0.4) is 0 Å². The van der Waals surface area contributed by atoms with Gasteiger partial charge < -0.3 is 9.80 Å². The zero-order valence-electron chi connectivity index (χ0n) is 14.3. The molecule has 4 heterocycles. The van der Waals surface area contributed by atoms with Gasteiger partial charge in [-0.05, 0) is 49.4 Å². The number of pyridine rings is 1. The van der Waals surface area contributed by atoms with Crippen LogP contribution >= 0.6 is 0 Å².